The molecule has 0 aromatic heterocycles. The van der Waals surface area contributed by atoms with Crippen molar-refractivity contribution in [3.05, 3.63) is 40.9 Å². The predicted octanol–water partition coefficient (Wildman–Crippen LogP) is 2.19. The molecule has 3 nitrogen and oxygen atoms in total. The number of halogens is 1. The Hall–Kier alpha value is -1.32. The molecule has 1 unspecified atom stereocenters. The number of amides is 1. The molecule has 4 heteroatoms. The molecule has 0 saturated carbocycles. The zero-order valence-electron chi connectivity index (χ0n) is 9.93. The van der Waals surface area contributed by atoms with Crippen LogP contribution in [0.25, 0.3) is 6.08 Å². The molecular weight excluding hydrogens is 238 g/mol. The summed E-state index contributed by atoms with van der Waals surface area (Å²) in [7, 11) is 1.66. The van der Waals surface area contributed by atoms with Crippen molar-refractivity contribution in [3.63, 3.8) is 0 Å². The molecule has 0 aliphatic heterocycles. The highest BCUT2D eigenvalue weighted by Gasteiger charge is 2.11. The molecule has 0 aliphatic rings. The number of hydrogen-bond acceptors (Lipinski definition) is 2. The van der Waals surface area contributed by atoms with Gasteiger partial charge < -0.3 is 10.0 Å². The molecule has 0 saturated heterocycles. The molecule has 0 heterocycles. The lowest BCUT2D eigenvalue weighted by molar-refractivity contribution is -0.127. The highest BCUT2D eigenvalue weighted by atomic mass is 35.5. The molecule has 1 rings (SSSR count). The SMILES string of the molecule is CC(CO)N(C)C(=O)/C=C/c1ccc(Cl)cc1. The molecule has 1 aromatic carbocycles. The molecule has 0 aliphatic carbocycles. The van der Waals surface area contributed by atoms with Gasteiger partial charge in [0.25, 0.3) is 0 Å². The minimum Gasteiger partial charge on any atom is -0.394 e. The number of aliphatic hydroxyl groups excluding tert-OH is 1. The van der Waals surface area contributed by atoms with Crippen LogP contribution in [0.1, 0.15) is 12.5 Å². The van der Waals surface area contributed by atoms with Crippen molar-refractivity contribution in [2.75, 3.05) is 13.7 Å². The van der Waals surface area contributed by atoms with Gasteiger partial charge in [0.1, 0.15) is 0 Å². The van der Waals surface area contributed by atoms with Crippen LogP contribution >= 0.6 is 11.6 Å². The lowest BCUT2D eigenvalue weighted by Gasteiger charge is -2.21. The molecule has 0 bridgehead atoms. The van der Waals surface area contributed by atoms with E-state index in [4.69, 9.17) is 16.7 Å². The molecule has 0 radical (unpaired) electrons. The third-order valence-electron chi connectivity index (χ3n) is 2.56. The van der Waals surface area contributed by atoms with Gasteiger partial charge in [-0.25, -0.2) is 0 Å². The van der Waals surface area contributed by atoms with Gasteiger partial charge in [-0.2, -0.15) is 0 Å². The summed E-state index contributed by atoms with van der Waals surface area (Å²) in [6, 6.07) is 7.03. The summed E-state index contributed by atoms with van der Waals surface area (Å²) in [5.74, 6) is -0.137. The van der Waals surface area contributed by atoms with E-state index >= 15 is 0 Å². The zero-order chi connectivity index (χ0) is 12.8. The second-order valence-corrected chi connectivity index (χ2v) is 4.30. The third-order valence-corrected chi connectivity index (χ3v) is 2.81. The van der Waals surface area contributed by atoms with E-state index in [1.165, 1.54) is 11.0 Å². The van der Waals surface area contributed by atoms with Crippen LogP contribution in [0.4, 0.5) is 0 Å². The van der Waals surface area contributed by atoms with Crippen LogP contribution in [0.15, 0.2) is 30.3 Å². The van der Waals surface area contributed by atoms with Gasteiger partial charge in [-0.1, -0.05) is 23.7 Å². The summed E-state index contributed by atoms with van der Waals surface area (Å²) in [4.78, 5) is 13.2. The number of likely N-dealkylation sites (N-methyl/N-ethyl adjacent to an activating group) is 1. The van der Waals surface area contributed by atoms with Gasteiger partial charge in [0.05, 0.1) is 12.6 Å². The third kappa shape index (κ3) is 4.21. The maximum absolute atomic E-state index is 11.7. The monoisotopic (exact) mass is 253 g/mol. The second kappa shape index (κ2) is 6.42. The van der Waals surface area contributed by atoms with Crippen LogP contribution in [-0.2, 0) is 4.79 Å². The Labute approximate surface area is 106 Å². The van der Waals surface area contributed by atoms with Gasteiger partial charge in [-0.05, 0) is 30.7 Å². The zero-order valence-corrected chi connectivity index (χ0v) is 10.7. The van der Waals surface area contributed by atoms with Gasteiger partial charge in [-0.3, -0.25) is 4.79 Å². The molecule has 1 amide bonds. The van der Waals surface area contributed by atoms with Crippen molar-refractivity contribution < 1.29 is 9.90 Å². The maximum Gasteiger partial charge on any atom is 0.246 e. The summed E-state index contributed by atoms with van der Waals surface area (Å²) < 4.78 is 0. The number of hydrogen-bond donors (Lipinski definition) is 1. The summed E-state index contributed by atoms with van der Waals surface area (Å²) in [5.41, 5.74) is 0.910. The quantitative estimate of drug-likeness (QED) is 0.836. The van der Waals surface area contributed by atoms with Gasteiger partial charge >= 0.3 is 0 Å². The Morgan fingerprint density at radius 3 is 2.59 bits per heavy atom. The molecule has 0 fully saturated rings. The normalized spacial score (nSPS) is 12.7. The summed E-state index contributed by atoms with van der Waals surface area (Å²) in [6.45, 7) is 1.74. The molecule has 92 valence electrons. The number of nitrogens with zero attached hydrogens (tertiary/aromatic N) is 1. The number of benzene rings is 1. The Morgan fingerprint density at radius 1 is 1.47 bits per heavy atom. The van der Waals surface area contributed by atoms with E-state index in [0.717, 1.165) is 5.56 Å². The first-order valence-electron chi connectivity index (χ1n) is 5.36. The number of rotatable bonds is 4. The first-order chi connectivity index (χ1) is 8.04. The number of aliphatic hydroxyl groups is 1. The van der Waals surface area contributed by atoms with E-state index in [2.05, 4.69) is 0 Å². The smallest absolute Gasteiger partial charge is 0.246 e. The largest absolute Gasteiger partial charge is 0.394 e. The Balaban J connectivity index is 2.65. The lowest BCUT2D eigenvalue weighted by Crippen LogP contribution is -2.36. The van der Waals surface area contributed by atoms with E-state index in [-0.39, 0.29) is 18.6 Å². The number of carbonyl (C=O) groups is 1. The van der Waals surface area contributed by atoms with Crippen LogP contribution in [0.5, 0.6) is 0 Å². The van der Waals surface area contributed by atoms with E-state index in [1.807, 2.05) is 12.1 Å². The molecule has 1 atom stereocenters. The highest BCUT2D eigenvalue weighted by molar-refractivity contribution is 6.30. The fraction of sp³-hybridized carbons (Fsp3) is 0.308. The van der Waals surface area contributed by atoms with Gasteiger partial charge in [0.15, 0.2) is 0 Å². The van der Waals surface area contributed by atoms with Gasteiger partial charge in [0.2, 0.25) is 5.91 Å². The fourth-order valence-corrected chi connectivity index (χ4v) is 1.32. The topological polar surface area (TPSA) is 40.5 Å². The molecule has 0 spiro atoms. The van der Waals surface area contributed by atoms with E-state index < -0.39 is 0 Å². The summed E-state index contributed by atoms with van der Waals surface area (Å²) >= 11 is 5.76. The van der Waals surface area contributed by atoms with Crippen molar-refractivity contribution in [1.82, 2.24) is 4.90 Å². The Kier molecular flexibility index (Phi) is 5.19. The van der Waals surface area contributed by atoms with E-state index in [0.29, 0.717) is 5.02 Å². The second-order valence-electron chi connectivity index (χ2n) is 3.87. The summed E-state index contributed by atoms with van der Waals surface area (Å²) in [5, 5.41) is 9.60. The summed E-state index contributed by atoms with van der Waals surface area (Å²) in [6.07, 6.45) is 3.20. The van der Waals surface area contributed by atoms with Crippen LogP contribution in [0.3, 0.4) is 0 Å². The van der Waals surface area contributed by atoms with E-state index in [1.54, 1.807) is 32.2 Å². The maximum atomic E-state index is 11.7. The minimum absolute atomic E-state index is 0.0446. The van der Waals surface area contributed by atoms with Crippen molar-refractivity contribution in [2.45, 2.75) is 13.0 Å². The van der Waals surface area contributed by atoms with Crippen molar-refractivity contribution >= 4 is 23.6 Å². The molecule has 17 heavy (non-hydrogen) atoms. The Bertz CT molecular complexity index is 400. The lowest BCUT2D eigenvalue weighted by atomic mass is 10.2. The van der Waals surface area contributed by atoms with Crippen molar-refractivity contribution in [3.8, 4) is 0 Å². The van der Waals surface area contributed by atoms with Crippen LogP contribution < -0.4 is 0 Å². The highest BCUT2D eigenvalue weighted by Crippen LogP contribution is 2.10. The minimum atomic E-state index is -0.183. The molecular formula is C13H16ClNO2. The first-order valence-corrected chi connectivity index (χ1v) is 5.73. The number of carbonyl (C=O) groups excluding carboxylic acids is 1. The standard InChI is InChI=1S/C13H16ClNO2/c1-10(9-16)15(2)13(17)8-5-11-3-6-12(14)7-4-11/h3-8,10,16H,9H2,1-2H3/b8-5+. The Morgan fingerprint density at radius 2 is 2.06 bits per heavy atom. The van der Waals surface area contributed by atoms with Gasteiger partial charge in [0, 0.05) is 18.1 Å². The fourth-order valence-electron chi connectivity index (χ4n) is 1.20. The van der Waals surface area contributed by atoms with E-state index in [9.17, 15) is 4.79 Å². The van der Waals surface area contributed by atoms with Crippen molar-refractivity contribution in [1.29, 1.82) is 0 Å². The average molecular weight is 254 g/mol. The van der Waals surface area contributed by atoms with Crippen LogP contribution in [-0.4, -0.2) is 35.6 Å². The first kappa shape index (κ1) is 13.7. The van der Waals surface area contributed by atoms with Crippen LogP contribution in [0.2, 0.25) is 5.02 Å². The van der Waals surface area contributed by atoms with Gasteiger partial charge in [-0.15, -0.1) is 0 Å². The van der Waals surface area contributed by atoms with Crippen LogP contribution in [0, 0.1) is 0 Å². The van der Waals surface area contributed by atoms with Crippen molar-refractivity contribution in [2.24, 2.45) is 0 Å². The molecule has 1 aromatic rings. The average Bonchev–Trinajstić information content (AvgIpc) is 2.35. The molecule has 1 N–H and O–H groups in total. The predicted molar refractivity (Wildman–Crippen MR) is 69.8 cm³/mol.